The minimum atomic E-state index is 0.108. The third-order valence-electron chi connectivity index (χ3n) is 6.76. The molecule has 6 rings (SSSR count). The van der Waals surface area contributed by atoms with E-state index in [0.717, 1.165) is 30.8 Å². The highest BCUT2D eigenvalue weighted by atomic mass is 16.5. The molecule has 3 heterocycles. The summed E-state index contributed by atoms with van der Waals surface area (Å²) in [5.74, 6) is 2.01. The van der Waals surface area contributed by atoms with Crippen molar-refractivity contribution in [1.29, 1.82) is 0 Å². The van der Waals surface area contributed by atoms with Gasteiger partial charge in [0, 0.05) is 30.4 Å². The molecular formula is C30H28N4O3. The van der Waals surface area contributed by atoms with Crippen molar-refractivity contribution >= 4 is 10.8 Å². The first-order valence-electron chi connectivity index (χ1n) is 12.6. The van der Waals surface area contributed by atoms with Crippen LogP contribution in [0.5, 0.6) is 5.75 Å². The molecule has 0 spiro atoms. The average molecular weight is 493 g/mol. The van der Waals surface area contributed by atoms with Gasteiger partial charge in [-0.2, -0.15) is 4.98 Å². The summed E-state index contributed by atoms with van der Waals surface area (Å²) in [5.41, 5.74) is 3.26. The van der Waals surface area contributed by atoms with Gasteiger partial charge in [0.15, 0.2) is 6.61 Å². The fourth-order valence-corrected chi connectivity index (χ4v) is 4.80. The SMILES string of the molecule is c1cncc(-c2noc(COc3ccc([C@H]4CCNC[C@@H]4OCc4ccc5ccccc5c4)cc3)n2)c1. The molecule has 5 aromatic rings. The van der Waals surface area contributed by atoms with Gasteiger partial charge in [-0.15, -0.1) is 0 Å². The van der Waals surface area contributed by atoms with Gasteiger partial charge in [-0.05, 0) is 65.2 Å². The third-order valence-corrected chi connectivity index (χ3v) is 6.76. The van der Waals surface area contributed by atoms with E-state index in [1.54, 1.807) is 12.4 Å². The van der Waals surface area contributed by atoms with E-state index < -0.39 is 0 Å². The lowest BCUT2D eigenvalue weighted by Crippen LogP contribution is -2.40. The lowest BCUT2D eigenvalue weighted by atomic mass is 9.87. The maximum atomic E-state index is 6.43. The van der Waals surface area contributed by atoms with Crippen LogP contribution in [0.1, 0.15) is 29.4 Å². The summed E-state index contributed by atoms with van der Waals surface area (Å²) in [4.78, 5) is 8.48. The van der Waals surface area contributed by atoms with Gasteiger partial charge in [0.05, 0.1) is 12.7 Å². The Balaban J connectivity index is 1.07. The van der Waals surface area contributed by atoms with Gasteiger partial charge >= 0.3 is 0 Å². The zero-order valence-electron chi connectivity index (χ0n) is 20.4. The molecule has 1 N–H and O–H groups in total. The molecule has 0 unspecified atom stereocenters. The van der Waals surface area contributed by atoms with Crippen LogP contribution >= 0.6 is 0 Å². The maximum absolute atomic E-state index is 6.43. The number of hydrogen-bond acceptors (Lipinski definition) is 7. The predicted molar refractivity (Wildman–Crippen MR) is 141 cm³/mol. The zero-order chi connectivity index (χ0) is 24.9. The summed E-state index contributed by atoms with van der Waals surface area (Å²) in [5, 5.41) is 9.99. The van der Waals surface area contributed by atoms with Crippen LogP contribution in [-0.2, 0) is 18.0 Å². The number of rotatable bonds is 8. The second-order valence-corrected chi connectivity index (χ2v) is 9.24. The summed E-state index contributed by atoms with van der Waals surface area (Å²) >= 11 is 0. The molecule has 0 saturated carbocycles. The lowest BCUT2D eigenvalue weighted by molar-refractivity contribution is 0.0106. The van der Waals surface area contributed by atoms with E-state index in [1.807, 2.05) is 24.3 Å². The van der Waals surface area contributed by atoms with E-state index in [2.05, 4.69) is 75.0 Å². The molecule has 1 fully saturated rings. The molecule has 0 bridgehead atoms. The lowest BCUT2D eigenvalue weighted by Gasteiger charge is -2.32. The third kappa shape index (κ3) is 5.53. The van der Waals surface area contributed by atoms with Crippen molar-refractivity contribution in [1.82, 2.24) is 20.4 Å². The van der Waals surface area contributed by atoms with Crippen molar-refractivity contribution in [2.45, 2.75) is 31.7 Å². The van der Waals surface area contributed by atoms with Gasteiger partial charge in [-0.25, -0.2) is 0 Å². The van der Waals surface area contributed by atoms with E-state index >= 15 is 0 Å². The molecule has 2 aromatic heterocycles. The Hall–Kier alpha value is -4.07. The van der Waals surface area contributed by atoms with E-state index in [4.69, 9.17) is 14.0 Å². The molecule has 37 heavy (non-hydrogen) atoms. The predicted octanol–water partition coefficient (Wildman–Crippen LogP) is 5.53. The van der Waals surface area contributed by atoms with Crippen LogP contribution in [0.2, 0.25) is 0 Å². The van der Waals surface area contributed by atoms with Crippen molar-refractivity contribution in [2.75, 3.05) is 13.1 Å². The molecule has 7 heteroatoms. The van der Waals surface area contributed by atoms with Crippen molar-refractivity contribution in [3.8, 4) is 17.1 Å². The average Bonchev–Trinajstić information content (AvgIpc) is 3.45. The molecule has 7 nitrogen and oxygen atoms in total. The highest BCUT2D eigenvalue weighted by Gasteiger charge is 2.27. The van der Waals surface area contributed by atoms with Crippen LogP contribution in [0.25, 0.3) is 22.2 Å². The summed E-state index contributed by atoms with van der Waals surface area (Å²) in [6.07, 6.45) is 4.55. The molecule has 0 radical (unpaired) electrons. The van der Waals surface area contributed by atoms with E-state index in [-0.39, 0.29) is 12.7 Å². The Morgan fingerprint density at radius 2 is 1.81 bits per heavy atom. The fraction of sp³-hybridized carbons (Fsp3) is 0.233. The minimum Gasteiger partial charge on any atom is -0.484 e. The number of benzene rings is 3. The van der Waals surface area contributed by atoms with Crippen molar-refractivity contribution < 1.29 is 14.0 Å². The Morgan fingerprint density at radius 3 is 2.68 bits per heavy atom. The van der Waals surface area contributed by atoms with Crippen LogP contribution in [0.4, 0.5) is 0 Å². The number of nitrogens with zero attached hydrogens (tertiary/aromatic N) is 3. The van der Waals surface area contributed by atoms with Gasteiger partial charge in [-0.3, -0.25) is 4.98 Å². The molecule has 1 saturated heterocycles. The standard InChI is InChI=1S/C30H28N4O3/c1-2-5-24-16-21(7-8-22(24)4-1)19-36-28-18-32-15-13-27(28)23-9-11-26(12-10-23)35-20-29-33-30(34-37-29)25-6-3-14-31-17-25/h1-12,14,16-17,27-28,32H,13,15,18-20H2/t27-,28+/m1/s1. The summed E-state index contributed by atoms with van der Waals surface area (Å²) < 4.78 is 17.7. The summed E-state index contributed by atoms with van der Waals surface area (Å²) in [6, 6.07) is 26.9. The quantitative estimate of drug-likeness (QED) is 0.305. The number of nitrogens with one attached hydrogen (secondary N) is 1. The molecular weight excluding hydrogens is 464 g/mol. The first kappa shape index (κ1) is 23.3. The van der Waals surface area contributed by atoms with Gasteiger partial charge in [0.2, 0.25) is 5.82 Å². The first-order chi connectivity index (χ1) is 18.3. The first-order valence-corrected chi connectivity index (χ1v) is 12.6. The van der Waals surface area contributed by atoms with Crippen LogP contribution in [-0.4, -0.2) is 34.3 Å². The van der Waals surface area contributed by atoms with Gasteiger partial charge < -0.3 is 19.3 Å². The Morgan fingerprint density at radius 1 is 0.919 bits per heavy atom. The van der Waals surface area contributed by atoms with Gasteiger partial charge in [-0.1, -0.05) is 53.7 Å². The number of pyridine rings is 1. The number of aromatic nitrogens is 3. The number of ether oxygens (including phenoxy) is 2. The topological polar surface area (TPSA) is 82.3 Å². The molecule has 0 aliphatic carbocycles. The molecule has 2 atom stereocenters. The highest BCUT2D eigenvalue weighted by Crippen LogP contribution is 2.30. The van der Waals surface area contributed by atoms with Gasteiger partial charge in [0.25, 0.3) is 5.89 Å². The van der Waals surface area contributed by atoms with Crippen molar-refractivity contribution in [2.24, 2.45) is 0 Å². The van der Waals surface area contributed by atoms with Crippen molar-refractivity contribution in [3.63, 3.8) is 0 Å². The molecule has 3 aromatic carbocycles. The monoisotopic (exact) mass is 492 g/mol. The number of fused-ring (bicyclic) bond motifs is 1. The summed E-state index contributed by atoms with van der Waals surface area (Å²) in [7, 11) is 0. The molecule has 186 valence electrons. The molecule has 1 aliphatic rings. The van der Waals surface area contributed by atoms with Crippen LogP contribution in [0.3, 0.4) is 0 Å². The van der Waals surface area contributed by atoms with E-state index in [9.17, 15) is 0 Å². The Kier molecular flexibility index (Phi) is 6.88. The second kappa shape index (κ2) is 10.9. The maximum Gasteiger partial charge on any atom is 0.264 e. The van der Waals surface area contributed by atoms with Crippen LogP contribution in [0.15, 0.2) is 95.8 Å². The summed E-state index contributed by atoms with van der Waals surface area (Å²) in [6.45, 7) is 2.62. The number of piperidine rings is 1. The fourth-order valence-electron chi connectivity index (χ4n) is 4.80. The Labute approximate surface area is 215 Å². The highest BCUT2D eigenvalue weighted by molar-refractivity contribution is 5.82. The Bertz CT molecular complexity index is 1450. The normalized spacial score (nSPS) is 17.6. The number of hydrogen-bond donors (Lipinski definition) is 1. The minimum absolute atomic E-state index is 0.108. The molecule has 1 aliphatic heterocycles. The van der Waals surface area contributed by atoms with Crippen LogP contribution in [0, 0.1) is 0 Å². The van der Waals surface area contributed by atoms with Gasteiger partial charge in [0.1, 0.15) is 5.75 Å². The van der Waals surface area contributed by atoms with Crippen LogP contribution < -0.4 is 10.1 Å². The van der Waals surface area contributed by atoms with Crippen molar-refractivity contribution in [3.05, 3.63) is 108 Å². The second-order valence-electron chi connectivity index (χ2n) is 9.24. The zero-order valence-corrected chi connectivity index (χ0v) is 20.4. The van der Waals surface area contributed by atoms with E-state index in [1.165, 1.54) is 21.9 Å². The largest absolute Gasteiger partial charge is 0.484 e. The smallest absolute Gasteiger partial charge is 0.264 e. The van der Waals surface area contributed by atoms with E-state index in [0.29, 0.717) is 24.2 Å². The molecule has 0 amide bonds.